The molecule has 6 heteroatoms. The van der Waals surface area contributed by atoms with Crippen LogP contribution in [-0.4, -0.2) is 42.3 Å². The SMILES string of the molecule is C=CCC1(C)OCC(COC(F)F)N(Cc2ccccc2)C1=O. The number of rotatable bonds is 7. The normalized spacial score (nSPS) is 25.0. The molecule has 0 saturated carbocycles. The van der Waals surface area contributed by atoms with E-state index >= 15 is 0 Å². The highest BCUT2D eigenvalue weighted by Crippen LogP contribution is 2.28. The van der Waals surface area contributed by atoms with Crippen LogP contribution < -0.4 is 0 Å². The van der Waals surface area contributed by atoms with Crippen molar-refractivity contribution in [3.8, 4) is 0 Å². The van der Waals surface area contributed by atoms with E-state index in [1.165, 1.54) is 0 Å². The lowest BCUT2D eigenvalue weighted by Gasteiger charge is -2.44. The molecule has 0 N–H and O–H groups in total. The summed E-state index contributed by atoms with van der Waals surface area (Å²) in [5, 5.41) is 0. The van der Waals surface area contributed by atoms with Crippen molar-refractivity contribution in [2.24, 2.45) is 0 Å². The number of morpholine rings is 1. The van der Waals surface area contributed by atoms with Crippen molar-refractivity contribution >= 4 is 5.91 Å². The number of ether oxygens (including phenoxy) is 2. The van der Waals surface area contributed by atoms with E-state index in [-0.39, 0.29) is 19.1 Å². The van der Waals surface area contributed by atoms with Crippen molar-refractivity contribution in [3.05, 3.63) is 48.6 Å². The van der Waals surface area contributed by atoms with Gasteiger partial charge in [-0.15, -0.1) is 6.58 Å². The molecular weight excluding hydrogens is 304 g/mol. The molecule has 0 spiro atoms. The molecule has 1 heterocycles. The maximum absolute atomic E-state index is 12.8. The predicted octanol–water partition coefficient (Wildman–Crippen LogP) is 2.99. The van der Waals surface area contributed by atoms with E-state index in [0.717, 1.165) is 5.56 Å². The van der Waals surface area contributed by atoms with E-state index in [1.54, 1.807) is 17.9 Å². The molecular formula is C17H21F2NO3. The van der Waals surface area contributed by atoms with Gasteiger partial charge in [0.2, 0.25) is 0 Å². The zero-order chi connectivity index (χ0) is 16.9. The second-order valence-corrected chi connectivity index (χ2v) is 5.70. The smallest absolute Gasteiger partial charge is 0.345 e. The molecule has 1 aliphatic heterocycles. The minimum absolute atomic E-state index is 0.148. The zero-order valence-electron chi connectivity index (χ0n) is 13.1. The highest BCUT2D eigenvalue weighted by atomic mass is 19.3. The molecule has 2 unspecified atom stereocenters. The first kappa shape index (κ1) is 17.6. The molecule has 1 fully saturated rings. The number of hydrogen-bond acceptors (Lipinski definition) is 3. The van der Waals surface area contributed by atoms with Gasteiger partial charge in [0.1, 0.15) is 5.60 Å². The molecule has 0 aromatic heterocycles. The summed E-state index contributed by atoms with van der Waals surface area (Å²) in [6.45, 7) is 2.68. The van der Waals surface area contributed by atoms with Crippen molar-refractivity contribution in [2.75, 3.05) is 13.2 Å². The average molecular weight is 325 g/mol. The second kappa shape index (κ2) is 7.66. The lowest BCUT2D eigenvalue weighted by atomic mass is 9.96. The number of benzene rings is 1. The first-order chi connectivity index (χ1) is 11.0. The van der Waals surface area contributed by atoms with Gasteiger partial charge in [-0.05, 0) is 12.5 Å². The van der Waals surface area contributed by atoms with Crippen molar-refractivity contribution < 1.29 is 23.0 Å². The Morgan fingerprint density at radius 2 is 2.17 bits per heavy atom. The highest BCUT2D eigenvalue weighted by molar-refractivity contribution is 5.86. The van der Waals surface area contributed by atoms with E-state index in [0.29, 0.717) is 13.0 Å². The maximum Gasteiger partial charge on any atom is 0.345 e. The first-order valence-electron chi connectivity index (χ1n) is 7.46. The molecule has 2 atom stereocenters. The van der Waals surface area contributed by atoms with Crippen LogP contribution in [0.15, 0.2) is 43.0 Å². The molecule has 1 aromatic carbocycles. The van der Waals surface area contributed by atoms with Gasteiger partial charge in [-0.3, -0.25) is 4.79 Å². The molecule has 0 radical (unpaired) electrons. The van der Waals surface area contributed by atoms with E-state index in [4.69, 9.17) is 4.74 Å². The monoisotopic (exact) mass is 325 g/mol. The average Bonchev–Trinajstić information content (AvgIpc) is 2.52. The Balaban J connectivity index is 2.19. The van der Waals surface area contributed by atoms with Crippen molar-refractivity contribution in [1.29, 1.82) is 0 Å². The van der Waals surface area contributed by atoms with Gasteiger partial charge < -0.3 is 14.4 Å². The number of halogens is 2. The predicted molar refractivity (Wildman–Crippen MR) is 81.9 cm³/mol. The van der Waals surface area contributed by atoms with Gasteiger partial charge in [0, 0.05) is 13.0 Å². The number of alkyl halides is 2. The van der Waals surface area contributed by atoms with Gasteiger partial charge in [-0.25, -0.2) is 0 Å². The zero-order valence-corrected chi connectivity index (χ0v) is 13.1. The molecule has 4 nitrogen and oxygen atoms in total. The minimum atomic E-state index is -2.87. The van der Waals surface area contributed by atoms with Gasteiger partial charge >= 0.3 is 6.61 Å². The Hall–Kier alpha value is -1.79. The Kier molecular flexibility index (Phi) is 5.85. The fraction of sp³-hybridized carbons (Fsp3) is 0.471. The number of hydrogen-bond donors (Lipinski definition) is 0. The largest absolute Gasteiger partial charge is 0.363 e. The van der Waals surface area contributed by atoms with Gasteiger partial charge in [0.25, 0.3) is 5.91 Å². The molecule has 1 aromatic rings. The number of carbonyl (C=O) groups excluding carboxylic acids is 1. The van der Waals surface area contributed by atoms with E-state index < -0.39 is 18.3 Å². The molecule has 23 heavy (non-hydrogen) atoms. The summed E-state index contributed by atoms with van der Waals surface area (Å²) >= 11 is 0. The van der Waals surface area contributed by atoms with Crippen LogP contribution in [0.4, 0.5) is 8.78 Å². The van der Waals surface area contributed by atoms with Crippen LogP contribution in [0.2, 0.25) is 0 Å². The summed E-state index contributed by atoms with van der Waals surface area (Å²) in [6, 6.07) is 8.84. The second-order valence-electron chi connectivity index (χ2n) is 5.70. The van der Waals surface area contributed by atoms with Gasteiger partial charge in [-0.2, -0.15) is 8.78 Å². The van der Waals surface area contributed by atoms with Crippen molar-refractivity contribution in [3.63, 3.8) is 0 Å². The Labute approximate surface area is 134 Å². The molecule has 1 amide bonds. The van der Waals surface area contributed by atoms with Crippen LogP contribution in [0.25, 0.3) is 0 Å². The first-order valence-corrected chi connectivity index (χ1v) is 7.46. The van der Waals surface area contributed by atoms with Gasteiger partial charge in [0.05, 0.1) is 19.3 Å². The Morgan fingerprint density at radius 1 is 1.48 bits per heavy atom. The summed E-state index contributed by atoms with van der Waals surface area (Å²) in [5.74, 6) is -0.240. The lowest BCUT2D eigenvalue weighted by molar-refractivity contribution is -0.193. The van der Waals surface area contributed by atoms with E-state index in [9.17, 15) is 13.6 Å². The molecule has 2 rings (SSSR count). The minimum Gasteiger partial charge on any atom is -0.363 e. The summed E-state index contributed by atoms with van der Waals surface area (Å²) < 4.78 is 34.7. The van der Waals surface area contributed by atoms with Crippen LogP contribution in [0.1, 0.15) is 18.9 Å². The molecule has 1 saturated heterocycles. The fourth-order valence-electron chi connectivity index (χ4n) is 2.63. The van der Waals surface area contributed by atoms with E-state index in [2.05, 4.69) is 11.3 Å². The Bertz CT molecular complexity index is 538. The molecule has 1 aliphatic rings. The summed E-state index contributed by atoms with van der Waals surface area (Å²) in [7, 11) is 0. The van der Waals surface area contributed by atoms with Crippen LogP contribution >= 0.6 is 0 Å². The number of carbonyl (C=O) groups is 1. The van der Waals surface area contributed by atoms with Crippen molar-refractivity contribution in [1.82, 2.24) is 4.90 Å². The van der Waals surface area contributed by atoms with Crippen LogP contribution in [0, 0.1) is 0 Å². The van der Waals surface area contributed by atoms with Gasteiger partial charge in [-0.1, -0.05) is 36.4 Å². The summed E-state index contributed by atoms with van der Waals surface area (Å²) in [4.78, 5) is 14.4. The third-order valence-electron chi connectivity index (χ3n) is 3.89. The van der Waals surface area contributed by atoms with Crippen LogP contribution in [0.3, 0.4) is 0 Å². The molecule has 0 bridgehead atoms. The highest BCUT2D eigenvalue weighted by Gasteiger charge is 2.44. The van der Waals surface area contributed by atoms with Gasteiger partial charge in [0.15, 0.2) is 0 Å². The topological polar surface area (TPSA) is 38.8 Å². The molecule has 0 aliphatic carbocycles. The lowest BCUT2D eigenvalue weighted by Crippen LogP contribution is -2.60. The summed E-state index contributed by atoms with van der Waals surface area (Å²) in [6.07, 6.45) is 1.98. The third-order valence-corrected chi connectivity index (χ3v) is 3.89. The van der Waals surface area contributed by atoms with Crippen LogP contribution in [0.5, 0.6) is 0 Å². The van der Waals surface area contributed by atoms with Crippen LogP contribution in [-0.2, 0) is 20.8 Å². The number of nitrogens with zero attached hydrogens (tertiary/aromatic N) is 1. The quantitative estimate of drug-likeness (QED) is 0.724. The third kappa shape index (κ3) is 4.36. The Morgan fingerprint density at radius 3 is 2.78 bits per heavy atom. The number of amides is 1. The standard InChI is InChI=1S/C17H21F2NO3/c1-3-9-17(2)15(21)20(10-13-7-5-4-6-8-13)14(12-23-17)11-22-16(18)19/h3-8,14,16H,1,9-12H2,2H3. The summed E-state index contributed by atoms with van der Waals surface area (Å²) in [5.41, 5.74) is -0.0940. The maximum atomic E-state index is 12.8. The molecule has 126 valence electrons. The fourth-order valence-corrected chi connectivity index (χ4v) is 2.63. The van der Waals surface area contributed by atoms with E-state index in [1.807, 2.05) is 30.3 Å². The van der Waals surface area contributed by atoms with Crippen molar-refractivity contribution in [2.45, 2.75) is 38.1 Å².